The van der Waals surface area contributed by atoms with E-state index >= 15 is 0 Å². The van der Waals surface area contributed by atoms with Gasteiger partial charge in [-0.1, -0.05) is 60.0 Å². The summed E-state index contributed by atoms with van der Waals surface area (Å²) in [7, 11) is 3.07. The fourth-order valence-corrected chi connectivity index (χ4v) is 2.13. The maximum absolute atomic E-state index is 11.8. The summed E-state index contributed by atoms with van der Waals surface area (Å²) in [5.41, 5.74) is 0.887. The zero-order chi connectivity index (χ0) is 20.1. The molecule has 7 heteroatoms. The molecule has 3 atom stereocenters. The number of rotatable bonds is 9. The molecule has 0 aliphatic heterocycles. The second-order valence-corrected chi connectivity index (χ2v) is 6.07. The third kappa shape index (κ3) is 19.7. The van der Waals surface area contributed by atoms with Crippen LogP contribution in [0.2, 0.25) is 0 Å². The highest BCUT2D eigenvalue weighted by Gasteiger charge is 2.31. The average Bonchev–Trinajstić information content (AvgIpc) is 2.60. The molecule has 0 aromatic heterocycles. The van der Waals surface area contributed by atoms with E-state index in [0.29, 0.717) is 6.42 Å². The first-order chi connectivity index (χ1) is 12.2. The van der Waals surface area contributed by atoms with Gasteiger partial charge in [-0.05, 0) is 33.3 Å². The second kappa shape index (κ2) is 24.3. The molecule has 0 saturated heterocycles. The molecule has 31 heavy (non-hydrogen) atoms. The quantitative estimate of drug-likeness (QED) is 0.300. The van der Waals surface area contributed by atoms with Crippen molar-refractivity contribution in [2.45, 2.75) is 82.6 Å². The number of hydrogen-bond donors (Lipinski definition) is 0. The van der Waals surface area contributed by atoms with E-state index in [0.717, 1.165) is 5.56 Å². The molecule has 0 spiro atoms. The predicted octanol–water partition coefficient (Wildman–Crippen LogP) is 5.13. The SMILES string of the molecule is C.C.C.C.COC(C)C(C(C)=O)C(=O)OCc1ccccc1.COC(C)CC(C)=O.[B]. The fraction of sp³-hybridized carbons (Fsp3) is 0.625. The highest BCUT2D eigenvalue weighted by atomic mass is 16.5. The lowest BCUT2D eigenvalue weighted by Gasteiger charge is -2.18. The third-order valence-corrected chi connectivity index (χ3v) is 3.73. The van der Waals surface area contributed by atoms with E-state index in [9.17, 15) is 14.4 Å². The lowest BCUT2D eigenvalue weighted by Crippen LogP contribution is -2.34. The Morgan fingerprint density at radius 3 is 1.68 bits per heavy atom. The third-order valence-electron chi connectivity index (χ3n) is 3.73. The number of methoxy groups -OCH3 is 2. The Bertz CT molecular complexity index is 562. The number of hydrogen-bond acceptors (Lipinski definition) is 6. The molecule has 0 fully saturated rings. The number of ether oxygens (including phenoxy) is 3. The summed E-state index contributed by atoms with van der Waals surface area (Å²) < 4.78 is 15.0. The van der Waals surface area contributed by atoms with Gasteiger partial charge in [-0.15, -0.1) is 0 Å². The normalized spacial score (nSPS) is 11.4. The van der Waals surface area contributed by atoms with Gasteiger partial charge in [0.15, 0.2) is 0 Å². The highest BCUT2D eigenvalue weighted by Crippen LogP contribution is 2.12. The van der Waals surface area contributed by atoms with E-state index < -0.39 is 18.0 Å². The Balaban J connectivity index is -0.000000106. The van der Waals surface area contributed by atoms with Crippen LogP contribution in [0, 0.1) is 5.92 Å². The van der Waals surface area contributed by atoms with Gasteiger partial charge in [-0.2, -0.15) is 0 Å². The molecule has 1 aromatic rings. The van der Waals surface area contributed by atoms with E-state index in [2.05, 4.69) is 0 Å². The number of esters is 1. The summed E-state index contributed by atoms with van der Waals surface area (Å²) in [5, 5.41) is 0. The van der Waals surface area contributed by atoms with Crippen LogP contribution in [0.3, 0.4) is 0 Å². The largest absolute Gasteiger partial charge is 0.460 e. The molecule has 0 N–H and O–H groups in total. The van der Waals surface area contributed by atoms with E-state index in [-0.39, 0.29) is 62.4 Å². The minimum absolute atomic E-state index is 0. The van der Waals surface area contributed by atoms with Gasteiger partial charge in [0.05, 0.1) is 12.2 Å². The summed E-state index contributed by atoms with van der Waals surface area (Å²) >= 11 is 0. The Labute approximate surface area is 193 Å². The number of carbonyl (C=O) groups excluding carboxylic acids is 3. The zero-order valence-corrected chi connectivity index (χ0v) is 17.1. The van der Waals surface area contributed by atoms with Crippen LogP contribution < -0.4 is 0 Å². The van der Waals surface area contributed by atoms with Crippen LogP contribution >= 0.6 is 0 Å². The van der Waals surface area contributed by atoms with Gasteiger partial charge >= 0.3 is 5.97 Å². The molecule has 0 aliphatic carbocycles. The Kier molecular flexibility index (Phi) is 33.7. The first kappa shape index (κ1) is 43.0. The van der Waals surface area contributed by atoms with Crippen LogP contribution in [0.15, 0.2) is 30.3 Å². The van der Waals surface area contributed by atoms with E-state index in [1.54, 1.807) is 21.0 Å². The first-order valence-corrected chi connectivity index (χ1v) is 8.48. The molecule has 3 unspecified atom stereocenters. The van der Waals surface area contributed by atoms with Crippen LogP contribution in [-0.4, -0.2) is 52.4 Å². The molecule has 0 amide bonds. The summed E-state index contributed by atoms with van der Waals surface area (Å²) in [5.74, 6) is -1.47. The van der Waals surface area contributed by atoms with Gasteiger partial charge < -0.3 is 14.2 Å². The Morgan fingerprint density at radius 2 is 1.35 bits per heavy atom. The number of ketones is 2. The molecular formula is C24H46BO6. The van der Waals surface area contributed by atoms with Crippen molar-refractivity contribution in [2.75, 3.05) is 14.2 Å². The molecular weight excluding hydrogens is 395 g/mol. The van der Waals surface area contributed by atoms with Gasteiger partial charge in [0.25, 0.3) is 0 Å². The summed E-state index contributed by atoms with van der Waals surface area (Å²) in [6.07, 6.45) is 0.120. The standard InChI is InChI=1S/C14H18O4.C6H12O2.4CH4.B/c1-10(15)13(11(2)17-3)14(16)18-9-12-7-5-4-6-8-12;1-5(7)4-6(2)8-3;;;;;/h4-8,11,13H,9H2,1-3H3;6H,4H2,1-3H3;4*1H4;. The van der Waals surface area contributed by atoms with Crippen LogP contribution in [0.4, 0.5) is 0 Å². The van der Waals surface area contributed by atoms with Crippen molar-refractivity contribution in [3.8, 4) is 0 Å². The van der Waals surface area contributed by atoms with Crippen molar-refractivity contribution in [2.24, 2.45) is 5.92 Å². The number of Topliss-reactive ketones (excluding diaryl/α,β-unsaturated/α-hetero) is 2. The molecule has 0 bridgehead atoms. The van der Waals surface area contributed by atoms with Crippen molar-refractivity contribution < 1.29 is 28.6 Å². The van der Waals surface area contributed by atoms with E-state index in [4.69, 9.17) is 14.2 Å². The lowest BCUT2D eigenvalue weighted by atomic mass is 10.00. The Hall–Kier alpha value is -1.99. The number of carbonyl (C=O) groups is 3. The van der Waals surface area contributed by atoms with Crippen molar-refractivity contribution >= 4 is 25.9 Å². The smallest absolute Gasteiger partial charge is 0.319 e. The van der Waals surface area contributed by atoms with Gasteiger partial charge in [0.1, 0.15) is 24.1 Å². The average molecular weight is 441 g/mol. The van der Waals surface area contributed by atoms with Gasteiger partial charge in [-0.3, -0.25) is 14.4 Å². The topological polar surface area (TPSA) is 78.9 Å². The fourth-order valence-electron chi connectivity index (χ4n) is 2.13. The molecule has 6 nitrogen and oxygen atoms in total. The van der Waals surface area contributed by atoms with Crippen LogP contribution in [-0.2, 0) is 35.2 Å². The van der Waals surface area contributed by atoms with Crippen molar-refractivity contribution in [1.82, 2.24) is 0 Å². The summed E-state index contributed by atoms with van der Waals surface area (Å²) in [6.45, 7) is 6.65. The van der Waals surface area contributed by atoms with Crippen LogP contribution in [0.1, 0.15) is 69.4 Å². The minimum Gasteiger partial charge on any atom is -0.460 e. The van der Waals surface area contributed by atoms with E-state index in [1.165, 1.54) is 14.0 Å². The number of benzene rings is 1. The van der Waals surface area contributed by atoms with Crippen LogP contribution in [0.25, 0.3) is 0 Å². The van der Waals surface area contributed by atoms with Crippen molar-refractivity contribution in [3.05, 3.63) is 35.9 Å². The molecule has 0 saturated carbocycles. The maximum Gasteiger partial charge on any atom is 0.319 e. The van der Waals surface area contributed by atoms with Crippen molar-refractivity contribution in [3.63, 3.8) is 0 Å². The second-order valence-electron chi connectivity index (χ2n) is 6.07. The summed E-state index contributed by atoms with van der Waals surface area (Å²) in [4.78, 5) is 33.6. The molecule has 1 rings (SSSR count). The van der Waals surface area contributed by atoms with Crippen LogP contribution in [0.5, 0.6) is 0 Å². The predicted molar refractivity (Wildman–Crippen MR) is 131 cm³/mol. The Morgan fingerprint density at radius 1 is 0.871 bits per heavy atom. The van der Waals surface area contributed by atoms with Gasteiger partial charge in [0.2, 0.25) is 0 Å². The maximum atomic E-state index is 11.8. The molecule has 3 radical (unpaired) electrons. The summed E-state index contributed by atoms with van der Waals surface area (Å²) in [6, 6.07) is 9.33. The molecule has 1 aromatic carbocycles. The molecule has 0 heterocycles. The first-order valence-electron chi connectivity index (χ1n) is 8.48. The highest BCUT2D eigenvalue weighted by molar-refractivity contribution is 5.98. The molecule has 181 valence electrons. The van der Waals surface area contributed by atoms with Gasteiger partial charge in [-0.25, -0.2) is 0 Å². The van der Waals surface area contributed by atoms with E-state index in [1.807, 2.05) is 37.3 Å². The van der Waals surface area contributed by atoms with Gasteiger partial charge in [0, 0.05) is 29.1 Å². The molecule has 0 aliphatic rings. The monoisotopic (exact) mass is 441 g/mol. The zero-order valence-electron chi connectivity index (χ0n) is 17.1. The minimum atomic E-state index is -0.862. The van der Waals surface area contributed by atoms with Crippen molar-refractivity contribution in [1.29, 1.82) is 0 Å². The lowest BCUT2D eigenvalue weighted by molar-refractivity contribution is -0.157.